The summed E-state index contributed by atoms with van der Waals surface area (Å²) in [5.41, 5.74) is 1.92. The summed E-state index contributed by atoms with van der Waals surface area (Å²) in [6.45, 7) is 6.20. The first-order valence-corrected chi connectivity index (χ1v) is 6.72. The van der Waals surface area contributed by atoms with Crippen molar-refractivity contribution in [2.45, 2.75) is 26.7 Å². The van der Waals surface area contributed by atoms with Gasteiger partial charge in [-0.1, -0.05) is 0 Å². The number of hydrogen-bond donors (Lipinski definition) is 1. The lowest BCUT2D eigenvalue weighted by Crippen LogP contribution is -2.26. The van der Waals surface area contributed by atoms with Gasteiger partial charge in [-0.15, -0.1) is 0 Å². The number of aromatic nitrogens is 1. The molecule has 4 nitrogen and oxygen atoms in total. The zero-order valence-electron chi connectivity index (χ0n) is 11.5. The van der Waals surface area contributed by atoms with E-state index in [1.54, 1.807) is 12.3 Å². The predicted octanol–water partition coefficient (Wildman–Crippen LogP) is 2.72. The predicted molar refractivity (Wildman–Crippen MR) is 76.3 cm³/mol. The van der Waals surface area contributed by atoms with Crippen molar-refractivity contribution in [1.29, 1.82) is 0 Å². The maximum Gasteiger partial charge on any atom is 0.328 e. The van der Waals surface area contributed by atoms with Crippen molar-refractivity contribution < 1.29 is 9.90 Å². The Labute approximate surface area is 113 Å². The molecule has 0 radical (unpaired) electrons. The van der Waals surface area contributed by atoms with E-state index in [4.69, 9.17) is 5.11 Å². The van der Waals surface area contributed by atoms with Gasteiger partial charge in [-0.05, 0) is 55.9 Å². The van der Waals surface area contributed by atoms with E-state index < -0.39 is 5.97 Å². The van der Waals surface area contributed by atoms with Crippen LogP contribution in [-0.2, 0) is 4.79 Å². The maximum absolute atomic E-state index is 10.5. The smallest absolute Gasteiger partial charge is 0.328 e. The molecule has 1 aliphatic rings. The minimum absolute atomic E-state index is 0.825. The first-order chi connectivity index (χ1) is 9.10. The summed E-state index contributed by atoms with van der Waals surface area (Å²) in [5.74, 6) is 0.903. The lowest BCUT2D eigenvalue weighted by molar-refractivity contribution is -0.131. The summed E-state index contributed by atoms with van der Waals surface area (Å²) < 4.78 is 0. The molecular formula is C15H20N2O2. The molecule has 1 aromatic rings. The molecule has 1 fully saturated rings. The molecule has 2 rings (SSSR count). The number of carboxylic acid groups (broad SMARTS) is 1. The van der Waals surface area contributed by atoms with Crippen LogP contribution in [0.3, 0.4) is 0 Å². The fraction of sp³-hybridized carbons (Fsp3) is 0.467. The van der Waals surface area contributed by atoms with Gasteiger partial charge in [0, 0.05) is 25.4 Å². The molecule has 1 N–H and O–H groups in total. The monoisotopic (exact) mass is 260 g/mol. The summed E-state index contributed by atoms with van der Waals surface area (Å²) in [5, 5.41) is 8.62. The third-order valence-electron chi connectivity index (χ3n) is 3.35. The molecule has 1 heterocycles. The van der Waals surface area contributed by atoms with Gasteiger partial charge in [0.1, 0.15) is 5.82 Å². The van der Waals surface area contributed by atoms with Gasteiger partial charge in [-0.3, -0.25) is 0 Å². The number of aliphatic carboxylic acids is 1. The van der Waals surface area contributed by atoms with Crippen LogP contribution in [0, 0.1) is 12.8 Å². The highest BCUT2D eigenvalue weighted by molar-refractivity contribution is 5.85. The molecule has 19 heavy (non-hydrogen) atoms. The number of rotatable bonds is 6. The van der Waals surface area contributed by atoms with Crippen LogP contribution in [0.2, 0.25) is 0 Å². The maximum atomic E-state index is 10.5. The lowest BCUT2D eigenvalue weighted by atomic mass is 10.1. The minimum Gasteiger partial charge on any atom is -0.478 e. The summed E-state index contributed by atoms with van der Waals surface area (Å²) in [7, 11) is 0. The van der Waals surface area contributed by atoms with E-state index in [9.17, 15) is 4.79 Å². The van der Waals surface area contributed by atoms with Gasteiger partial charge in [0.15, 0.2) is 0 Å². The molecule has 0 unspecified atom stereocenters. The number of nitrogens with zero attached hydrogens (tertiary/aromatic N) is 2. The van der Waals surface area contributed by atoms with Gasteiger partial charge in [-0.2, -0.15) is 0 Å². The molecule has 1 saturated carbocycles. The Morgan fingerprint density at radius 2 is 2.32 bits per heavy atom. The molecule has 1 aromatic heterocycles. The van der Waals surface area contributed by atoms with Crippen molar-refractivity contribution in [2.24, 2.45) is 5.92 Å². The van der Waals surface area contributed by atoms with E-state index in [1.165, 1.54) is 12.8 Å². The molecule has 0 atom stereocenters. The molecule has 0 amide bonds. The highest BCUT2D eigenvalue weighted by Crippen LogP contribution is 2.31. The topological polar surface area (TPSA) is 53.4 Å². The number of pyridine rings is 1. The Morgan fingerprint density at radius 3 is 2.84 bits per heavy atom. The Morgan fingerprint density at radius 1 is 1.58 bits per heavy atom. The Bertz CT molecular complexity index is 493. The largest absolute Gasteiger partial charge is 0.478 e. The van der Waals surface area contributed by atoms with E-state index in [1.807, 2.05) is 13.0 Å². The number of hydrogen-bond acceptors (Lipinski definition) is 3. The van der Waals surface area contributed by atoms with Crippen LogP contribution < -0.4 is 4.90 Å². The van der Waals surface area contributed by atoms with E-state index in [0.717, 1.165) is 42.0 Å². The van der Waals surface area contributed by atoms with Crippen molar-refractivity contribution >= 4 is 17.9 Å². The van der Waals surface area contributed by atoms with E-state index >= 15 is 0 Å². The van der Waals surface area contributed by atoms with Crippen LogP contribution in [0.25, 0.3) is 6.08 Å². The Balaban J connectivity index is 2.14. The SMILES string of the molecule is CCN(CC1CC1)c1ncc(/C=C/C(=O)O)cc1C. The summed E-state index contributed by atoms with van der Waals surface area (Å²) in [4.78, 5) is 17.3. The highest BCUT2D eigenvalue weighted by Gasteiger charge is 2.24. The average Bonchev–Trinajstić information content (AvgIpc) is 3.18. The quantitative estimate of drug-likeness (QED) is 0.799. The highest BCUT2D eigenvalue weighted by atomic mass is 16.4. The van der Waals surface area contributed by atoms with Crippen molar-refractivity contribution in [3.8, 4) is 0 Å². The van der Waals surface area contributed by atoms with Gasteiger partial charge >= 0.3 is 5.97 Å². The number of carbonyl (C=O) groups is 1. The van der Waals surface area contributed by atoms with Crippen molar-refractivity contribution in [3.63, 3.8) is 0 Å². The van der Waals surface area contributed by atoms with Crippen LogP contribution in [0.5, 0.6) is 0 Å². The van der Waals surface area contributed by atoms with E-state index in [-0.39, 0.29) is 0 Å². The standard InChI is InChI=1S/C15H20N2O2/c1-3-17(10-12-4-5-12)15-11(2)8-13(9-16-15)6-7-14(18)19/h6-9,12H,3-5,10H2,1-2H3,(H,18,19)/b7-6+. The van der Waals surface area contributed by atoms with Crippen molar-refractivity contribution in [1.82, 2.24) is 4.98 Å². The van der Waals surface area contributed by atoms with Gasteiger partial charge in [0.2, 0.25) is 0 Å². The molecule has 4 heteroatoms. The zero-order chi connectivity index (χ0) is 13.8. The third-order valence-corrected chi connectivity index (χ3v) is 3.35. The molecule has 0 saturated heterocycles. The Hall–Kier alpha value is -1.84. The van der Waals surface area contributed by atoms with E-state index in [2.05, 4.69) is 16.8 Å². The lowest BCUT2D eigenvalue weighted by Gasteiger charge is -2.23. The van der Waals surface area contributed by atoms with Crippen LogP contribution in [0.15, 0.2) is 18.3 Å². The second kappa shape index (κ2) is 5.87. The first-order valence-electron chi connectivity index (χ1n) is 6.72. The molecule has 0 aliphatic heterocycles. The minimum atomic E-state index is -0.939. The van der Waals surface area contributed by atoms with Crippen molar-refractivity contribution in [3.05, 3.63) is 29.5 Å². The van der Waals surface area contributed by atoms with Crippen LogP contribution in [0.4, 0.5) is 5.82 Å². The average molecular weight is 260 g/mol. The van der Waals surface area contributed by atoms with Gasteiger partial charge < -0.3 is 10.0 Å². The van der Waals surface area contributed by atoms with Gasteiger partial charge in [0.05, 0.1) is 0 Å². The van der Waals surface area contributed by atoms with Crippen molar-refractivity contribution in [2.75, 3.05) is 18.0 Å². The Kier molecular flexibility index (Phi) is 4.20. The zero-order valence-corrected chi connectivity index (χ0v) is 11.5. The van der Waals surface area contributed by atoms with Gasteiger partial charge in [-0.25, -0.2) is 9.78 Å². The van der Waals surface area contributed by atoms with Crippen LogP contribution in [0.1, 0.15) is 30.9 Å². The molecule has 0 aromatic carbocycles. The molecule has 0 bridgehead atoms. The number of aryl methyl sites for hydroxylation is 1. The first kappa shape index (κ1) is 13.6. The van der Waals surface area contributed by atoms with Crippen LogP contribution in [-0.4, -0.2) is 29.1 Å². The molecule has 0 spiro atoms. The number of anilines is 1. The van der Waals surface area contributed by atoms with Gasteiger partial charge in [0.25, 0.3) is 0 Å². The fourth-order valence-electron chi connectivity index (χ4n) is 2.16. The summed E-state index contributed by atoms with van der Waals surface area (Å²) in [6.07, 6.45) is 7.10. The summed E-state index contributed by atoms with van der Waals surface area (Å²) >= 11 is 0. The molecular weight excluding hydrogens is 240 g/mol. The summed E-state index contributed by atoms with van der Waals surface area (Å²) in [6, 6.07) is 1.98. The van der Waals surface area contributed by atoms with E-state index in [0.29, 0.717) is 0 Å². The second-order valence-corrected chi connectivity index (χ2v) is 5.06. The second-order valence-electron chi connectivity index (χ2n) is 5.06. The normalized spacial score (nSPS) is 14.8. The fourth-order valence-corrected chi connectivity index (χ4v) is 2.16. The van der Waals surface area contributed by atoms with Crippen LogP contribution >= 0.6 is 0 Å². The molecule has 102 valence electrons. The number of carboxylic acids is 1. The third kappa shape index (κ3) is 3.81. The molecule has 1 aliphatic carbocycles.